The Balaban J connectivity index is 1.76. The van der Waals surface area contributed by atoms with E-state index in [2.05, 4.69) is 21.2 Å². The Morgan fingerprint density at radius 1 is 1.24 bits per heavy atom. The van der Waals surface area contributed by atoms with E-state index in [1.165, 1.54) is 0 Å². The highest BCUT2D eigenvalue weighted by Crippen LogP contribution is 2.32. The van der Waals surface area contributed by atoms with Crippen LogP contribution in [0.15, 0.2) is 53.0 Å². The minimum atomic E-state index is -0.0892. The molecule has 0 aromatic heterocycles. The third-order valence-electron chi connectivity index (χ3n) is 3.87. The molecule has 0 aliphatic carbocycles. The fourth-order valence-corrected chi connectivity index (χ4v) is 3.14. The number of halogens is 1. The van der Waals surface area contributed by atoms with E-state index in [1.807, 2.05) is 55.6 Å². The quantitative estimate of drug-likeness (QED) is 0.922. The van der Waals surface area contributed by atoms with Crippen molar-refractivity contribution in [2.75, 3.05) is 18.9 Å². The zero-order valence-electron chi connectivity index (χ0n) is 11.8. The summed E-state index contributed by atoms with van der Waals surface area (Å²) in [6, 6.07) is 16.0. The van der Waals surface area contributed by atoms with Crippen molar-refractivity contribution in [2.45, 2.75) is 12.5 Å². The van der Waals surface area contributed by atoms with Gasteiger partial charge in [-0.15, -0.1) is 0 Å². The topological polar surface area (TPSA) is 32.3 Å². The molecule has 21 heavy (non-hydrogen) atoms. The number of hydrogen-bond donors (Lipinski definition) is 1. The van der Waals surface area contributed by atoms with Crippen molar-refractivity contribution in [3.8, 4) is 0 Å². The maximum absolute atomic E-state index is 12.7. The van der Waals surface area contributed by atoms with Crippen LogP contribution in [0, 0.1) is 0 Å². The summed E-state index contributed by atoms with van der Waals surface area (Å²) in [5, 5.41) is 3.30. The van der Waals surface area contributed by atoms with Gasteiger partial charge in [-0.05, 0) is 23.3 Å². The zero-order chi connectivity index (χ0) is 14.8. The van der Waals surface area contributed by atoms with Crippen molar-refractivity contribution < 1.29 is 4.79 Å². The Morgan fingerprint density at radius 3 is 2.76 bits per heavy atom. The smallest absolute Gasteiger partial charge is 0.232 e. The molecule has 0 bridgehead atoms. The predicted molar refractivity (Wildman–Crippen MR) is 88.3 cm³/mol. The number of amides is 1. The number of likely N-dealkylation sites (N-methyl/N-ethyl adjacent to an activating group) is 1. The van der Waals surface area contributed by atoms with Crippen molar-refractivity contribution >= 4 is 27.5 Å². The van der Waals surface area contributed by atoms with Crippen LogP contribution in [-0.4, -0.2) is 24.4 Å². The summed E-state index contributed by atoms with van der Waals surface area (Å²) >= 11 is 3.53. The van der Waals surface area contributed by atoms with Gasteiger partial charge in [0.1, 0.15) is 0 Å². The lowest BCUT2D eigenvalue weighted by molar-refractivity contribution is -0.131. The summed E-state index contributed by atoms with van der Waals surface area (Å²) in [6.45, 7) is 1.29. The first-order chi connectivity index (χ1) is 10.2. The molecule has 4 heteroatoms. The van der Waals surface area contributed by atoms with Gasteiger partial charge in [0.05, 0.1) is 5.92 Å². The van der Waals surface area contributed by atoms with Gasteiger partial charge in [0, 0.05) is 30.3 Å². The number of nitrogens with zero attached hydrogens (tertiary/aromatic N) is 1. The molecule has 0 radical (unpaired) electrons. The van der Waals surface area contributed by atoms with Gasteiger partial charge in [-0.3, -0.25) is 4.79 Å². The van der Waals surface area contributed by atoms with Crippen molar-refractivity contribution in [3.05, 3.63) is 64.1 Å². The van der Waals surface area contributed by atoms with E-state index < -0.39 is 0 Å². The maximum Gasteiger partial charge on any atom is 0.232 e. The molecule has 0 saturated carbocycles. The van der Waals surface area contributed by atoms with Crippen LogP contribution in [0.2, 0.25) is 0 Å². The highest BCUT2D eigenvalue weighted by molar-refractivity contribution is 9.10. The molecule has 2 aromatic carbocycles. The van der Waals surface area contributed by atoms with Gasteiger partial charge in [-0.2, -0.15) is 0 Å². The molecule has 1 aliphatic rings. The van der Waals surface area contributed by atoms with Gasteiger partial charge in [-0.1, -0.05) is 52.3 Å². The Labute approximate surface area is 133 Å². The van der Waals surface area contributed by atoms with Crippen molar-refractivity contribution in [2.24, 2.45) is 0 Å². The number of hydrogen-bond acceptors (Lipinski definition) is 2. The van der Waals surface area contributed by atoms with E-state index in [9.17, 15) is 4.79 Å². The molecule has 108 valence electrons. The fraction of sp³-hybridized carbons (Fsp3) is 0.235. The minimum Gasteiger partial charge on any atom is -0.384 e. The van der Waals surface area contributed by atoms with Gasteiger partial charge >= 0.3 is 0 Å². The molecule has 1 N–H and O–H groups in total. The maximum atomic E-state index is 12.7. The number of carbonyl (C=O) groups excluding carboxylic acids is 1. The van der Waals surface area contributed by atoms with Crippen LogP contribution in [0.3, 0.4) is 0 Å². The average Bonchev–Trinajstić information content (AvgIpc) is 2.92. The molecule has 0 fully saturated rings. The third-order valence-corrected chi connectivity index (χ3v) is 4.65. The van der Waals surface area contributed by atoms with Crippen LogP contribution in [0.5, 0.6) is 0 Å². The van der Waals surface area contributed by atoms with Gasteiger partial charge < -0.3 is 10.2 Å². The van der Waals surface area contributed by atoms with Gasteiger partial charge in [0.15, 0.2) is 0 Å². The lowest BCUT2D eigenvalue weighted by Crippen LogP contribution is -2.32. The molecule has 1 heterocycles. The predicted octanol–water partition coefficient (Wildman–Crippen LogP) is 3.62. The highest BCUT2D eigenvalue weighted by Gasteiger charge is 2.30. The molecular formula is C17H17BrN2O. The first-order valence-corrected chi connectivity index (χ1v) is 7.77. The van der Waals surface area contributed by atoms with E-state index >= 15 is 0 Å². The molecule has 3 rings (SSSR count). The normalized spacial score (nSPS) is 16.2. The Kier molecular flexibility index (Phi) is 3.97. The third kappa shape index (κ3) is 2.81. The van der Waals surface area contributed by atoms with Crippen LogP contribution >= 0.6 is 15.9 Å². The van der Waals surface area contributed by atoms with Crippen LogP contribution in [0.25, 0.3) is 0 Å². The van der Waals surface area contributed by atoms with Crippen molar-refractivity contribution in [1.82, 2.24) is 4.90 Å². The molecule has 3 nitrogen and oxygen atoms in total. The zero-order valence-corrected chi connectivity index (χ0v) is 13.4. The van der Waals surface area contributed by atoms with Crippen LogP contribution < -0.4 is 5.32 Å². The van der Waals surface area contributed by atoms with Crippen molar-refractivity contribution in [1.29, 1.82) is 0 Å². The van der Waals surface area contributed by atoms with E-state index in [0.717, 1.165) is 21.3 Å². The molecule has 2 aromatic rings. The number of para-hydroxylation sites is 1. The standard InChI is InChI=1S/C17H17BrN2O/c1-20(11-12-6-2-4-8-15(12)18)17(21)14-10-19-16-9-5-3-7-13(14)16/h2-9,14,19H,10-11H2,1H3. The van der Waals surface area contributed by atoms with Gasteiger partial charge in [0.25, 0.3) is 0 Å². The molecule has 1 aliphatic heterocycles. The van der Waals surface area contributed by atoms with Crippen molar-refractivity contribution in [3.63, 3.8) is 0 Å². The largest absolute Gasteiger partial charge is 0.384 e. The Hall–Kier alpha value is -1.81. The van der Waals surface area contributed by atoms with E-state index in [1.54, 1.807) is 4.90 Å². The Bertz CT molecular complexity index is 671. The minimum absolute atomic E-state index is 0.0892. The second-order valence-electron chi connectivity index (χ2n) is 5.31. The van der Waals surface area contributed by atoms with Crippen LogP contribution in [-0.2, 0) is 11.3 Å². The van der Waals surface area contributed by atoms with E-state index in [0.29, 0.717) is 13.1 Å². The van der Waals surface area contributed by atoms with Gasteiger partial charge in [0.2, 0.25) is 5.91 Å². The summed E-state index contributed by atoms with van der Waals surface area (Å²) < 4.78 is 1.04. The summed E-state index contributed by atoms with van der Waals surface area (Å²) in [5.74, 6) is 0.0666. The second-order valence-corrected chi connectivity index (χ2v) is 6.16. The monoisotopic (exact) mass is 344 g/mol. The van der Waals surface area contributed by atoms with Crippen LogP contribution in [0.4, 0.5) is 5.69 Å². The lowest BCUT2D eigenvalue weighted by Gasteiger charge is -2.21. The number of rotatable bonds is 3. The molecule has 0 spiro atoms. The number of nitrogens with one attached hydrogen (secondary N) is 1. The molecule has 0 saturated heterocycles. The van der Waals surface area contributed by atoms with E-state index in [4.69, 9.17) is 0 Å². The lowest BCUT2D eigenvalue weighted by atomic mass is 10.00. The number of carbonyl (C=O) groups is 1. The molecule has 1 amide bonds. The average molecular weight is 345 g/mol. The Morgan fingerprint density at radius 2 is 1.95 bits per heavy atom. The first kappa shape index (κ1) is 14.1. The number of benzene rings is 2. The number of fused-ring (bicyclic) bond motifs is 1. The van der Waals surface area contributed by atoms with Gasteiger partial charge in [-0.25, -0.2) is 0 Å². The molecule has 1 unspecified atom stereocenters. The first-order valence-electron chi connectivity index (χ1n) is 6.98. The summed E-state index contributed by atoms with van der Waals surface area (Å²) in [6.07, 6.45) is 0. The number of anilines is 1. The summed E-state index contributed by atoms with van der Waals surface area (Å²) in [7, 11) is 1.86. The van der Waals surface area contributed by atoms with Crippen LogP contribution in [0.1, 0.15) is 17.0 Å². The summed E-state index contributed by atoms with van der Waals surface area (Å²) in [5.41, 5.74) is 3.29. The molecular weight excluding hydrogens is 328 g/mol. The summed E-state index contributed by atoms with van der Waals surface area (Å²) in [4.78, 5) is 14.5. The molecule has 1 atom stereocenters. The second kappa shape index (κ2) is 5.90. The highest BCUT2D eigenvalue weighted by atomic mass is 79.9. The fourth-order valence-electron chi connectivity index (χ4n) is 2.73. The SMILES string of the molecule is CN(Cc1ccccc1Br)C(=O)C1CNc2ccccc21. The van der Waals surface area contributed by atoms with E-state index in [-0.39, 0.29) is 11.8 Å².